The Morgan fingerprint density at radius 3 is 2.75 bits per heavy atom. The van der Waals surface area contributed by atoms with Gasteiger partial charge in [0.05, 0.1) is 10.7 Å². The van der Waals surface area contributed by atoms with E-state index in [2.05, 4.69) is 15.6 Å². The molecule has 0 aliphatic rings. The molecule has 0 fully saturated rings. The number of aromatic nitrogens is 1. The third-order valence-corrected chi connectivity index (χ3v) is 3.51. The summed E-state index contributed by atoms with van der Waals surface area (Å²) < 4.78 is 13.8. The molecule has 0 atom stereocenters. The maximum atomic E-state index is 13.8. The molecule has 0 aliphatic heterocycles. The summed E-state index contributed by atoms with van der Waals surface area (Å²) in [6.07, 6.45) is 1.68. The Balaban J connectivity index is 2.14. The molecule has 0 saturated heterocycles. The number of benzene rings is 1. The molecule has 1 aromatic carbocycles. The average molecular weight is 351 g/mol. The van der Waals surface area contributed by atoms with E-state index in [4.69, 9.17) is 17.3 Å². The highest BCUT2D eigenvalue weighted by molar-refractivity contribution is 6.30. The van der Waals surface area contributed by atoms with Gasteiger partial charge in [-0.3, -0.25) is 9.59 Å². The van der Waals surface area contributed by atoms with E-state index in [1.807, 2.05) is 0 Å². The number of hydrogen-bond donors (Lipinski definition) is 3. The number of hydrogen-bond acceptors (Lipinski definition) is 4. The third kappa shape index (κ3) is 4.42. The number of nitrogens with zero attached hydrogens (tertiary/aromatic N) is 1. The Labute approximate surface area is 143 Å². The second-order valence-corrected chi connectivity index (χ2v) is 5.46. The predicted molar refractivity (Wildman–Crippen MR) is 90.4 cm³/mol. The highest BCUT2D eigenvalue weighted by Gasteiger charge is 2.13. The van der Waals surface area contributed by atoms with Gasteiger partial charge in [-0.05, 0) is 36.2 Å². The highest BCUT2D eigenvalue weighted by atomic mass is 35.5. The summed E-state index contributed by atoms with van der Waals surface area (Å²) in [6.45, 7) is 0. The van der Waals surface area contributed by atoms with Crippen molar-refractivity contribution < 1.29 is 14.0 Å². The minimum absolute atomic E-state index is 0.0237. The SMILES string of the molecule is CNC(=O)CCc1cc(NC(=O)c2ncc(Cl)cc2N)ccc1F. The second-order valence-electron chi connectivity index (χ2n) is 5.02. The van der Waals surface area contributed by atoms with Crippen LogP contribution in [-0.4, -0.2) is 23.8 Å². The summed E-state index contributed by atoms with van der Waals surface area (Å²) in [5.41, 5.74) is 6.58. The van der Waals surface area contributed by atoms with E-state index in [-0.39, 0.29) is 30.1 Å². The zero-order valence-electron chi connectivity index (χ0n) is 12.9. The molecular formula is C16H16ClFN4O2. The molecule has 8 heteroatoms. The van der Waals surface area contributed by atoms with E-state index in [1.54, 1.807) is 0 Å². The van der Waals surface area contributed by atoms with E-state index >= 15 is 0 Å². The lowest BCUT2D eigenvalue weighted by Crippen LogP contribution is -2.18. The zero-order valence-corrected chi connectivity index (χ0v) is 13.7. The number of carbonyl (C=O) groups is 2. The molecule has 0 spiro atoms. The van der Waals surface area contributed by atoms with Crippen molar-refractivity contribution in [2.45, 2.75) is 12.8 Å². The van der Waals surface area contributed by atoms with E-state index < -0.39 is 11.7 Å². The Bertz CT molecular complexity index is 783. The number of nitrogens with two attached hydrogens (primary N) is 1. The van der Waals surface area contributed by atoms with Gasteiger partial charge in [0.25, 0.3) is 5.91 Å². The molecule has 24 heavy (non-hydrogen) atoms. The van der Waals surface area contributed by atoms with Gasteiger partial charge in [0, 0.05) is 25.4 Å². The number of pyridine rings is 1. The van der Waals surface area contributed by atoms with Crippen molar-refractivity contribution in [3.8, 4) is 0 Å². The topological polar surface area (TPSA) is 97.1 Å². The van der Waals surface area contributed by atoms with Gasteiger partial charge in [-0.15, -0.1) is 0 Å². The summed E-state index contributed by atoms with van der Waals surface area (Å²) in [6, 6.07) is 5.54. The smallest absolute Gasteiger partial charge is 0.276 e. The molecular weight excluding hydrogens is 335 g/mol. The van der Waals surface area contributed by atoms with Crippen LogP contribution < -0.4 is 16.4 Å². The monoisotopic (exact) mass is 350 g/mol. The number of aryl methyl sites for hydroxylation is 1. The summed E-state index contributed by atoms with van der Waals surface area (Å²) >= 11 is 5.74. The fourth-order valence-electron chi connectivity index (χ4n) is 2.05. The number of carbonyl (C=O) groups excluding carboxylic acids is 2. The third-order valence-electron chi connectivity index (χ3n) is 3.30. The number of nitrogen functional groups attached to an aromatic ring is 1. The van der Waals surface area contributed by atoms with Crippen molar-refractivity contribution in [3.05, 3.63) is 52.6 Å². The molecule has 6 nitrogen and oxygen atoms in total. The fraction of sp³-hybridized carbons (Fsp3) is 0.188. The Hall–Kier alpha value is -2.67. The lowest BCUT2D eigenvalue weighted by Gasteiger charge is -2.09. The second kappa shape index (κ2) is 7.74. The number of amides is 2. The minimum atomic E-state index is -0.534. The van der Waals surface area contributed by atoms with E-state index in [0.717, 1.165) is 0 Å². The molecule has 126 valence electrons. The van der Waals surface area contributed by atoms with Gasteiger partial charge in [-0.2, -0.15) is 0 Å². The van der Waals surface area contributed by atoms with Gasteiger partial charge in [0.15, 0.2) is 5.69 Å². The van der Waals surface area contributed by atoms with Crippen LogP contribution in [0.3, 0.4) is 0 Å². The normalized spacial score (nSPS) is 10.3. The van der Waals surface area contributed by atoms with Crippen LogP contribution in [0.25, 0.3) is 0 Å². The van der Waals surface area contributed by atoms with Crippen molar-refractivity contribution in [2.24, 2.45) is 0 Å². The number of nitrogens with one attached hydrogen (secondary N) is 2. The first-order valence-electron chi connectivity index (χ1n) is 7.12. The molecule has 0 unspecified atom stereocenters. The molecule has 1 heterocycles. The molecule has 2 aromatic rings. The average Bonchev–Trinajstić information content (AvgIpc) is 2.54. The number of rotatable bonds is 5. The first kappa shape index (κ1) is 17.7. The van der Waals surface area contributed by atoms with Gasteiger partial charge in [0.1, 0.15) is 5.82 Å². The molecule has 1 aromatic heterocycles. The molecule has 0 radical (unpaired) electrons. The Morgan fingerprint density at radius 1 is 1.33 bits per heavy atom. The summed E-state index contributed by atoms with van der Waals surface area (Å²) in [7, 11) is 1.51. The van der Waals surface area contributed by atoms with Crippen LogP contribution in [0.1, 0.15) is 22.5 Å². The van der Waals surface area contributed by atoms with Crippen molar-refractivity contribution in [1.29, 1.82) is 0 Å². The van der Waals surface area contributed by atoms with Gasteiger partial charge >= 0.3 is 0 Å². The van der Waals surface area contributed by atoms with Gasteiger partial charge in [-0.25, -0.2) is 9.37 Å². The van der Waals surface area contributed by atoms with Crippen LogP contribution in [0, 0.1) is 5.82 Å². The largest absolute Gasteiger partial charge is 0.397 e. The first-order valence-corrected chi connectivity index (χ1v) is 7.50. The van der Waals surface area contributed by atoms with E-state index in [1.165, 1.54) is 37.5 Å². The van der Waals surface area contributed by atoms with Crippen LogP contribution in [0.15, 0.2) is 30.5 Å². The van der Waals surface area contributed by atoms with Crippen LogP contribution in [0.5, 0.6) is 0 Å². The van der Waals surface area contributed by atoms with Crippen LogP contribution in [0.4, 0.5) is 15.8 Å². The van der Waals surface area contributed by atoms with Gasteiger partial charge in [-0.1, -0.05) is 11.6 Å². The van der Waals surface area contributed by atoms with Gasteiger partial charge in [0.2, 0.25) is 5.91 Å². The lowest BCUT2D eigenvalue weighted by molar-refractivity contribution is -0.120. The maximum absolute atomic E-state index is 13.8. The molecule has 4 N–H and O–H groups in total. The number of anilines is 2. The zero-order chi connectivity index (χ0) is 17.7. The van der Waals surface area contributed by atoms with Crippen molar-refractivity contribution in [3.63, 3.8) is 0 Å². The molecule has 0 saturated carbocycles. The summed E-state index contributed by atoms with van der Waals surface area (Å²) in [5, 5.41) is 5.39. The standard InChI is InChI=1S/C16H16ClFN4O2/c1-20-14(23)5-2-9-6-11(3-4-12(9)18)22-16(24)15-13(19)7-10(17)8-21-15/h3-4,6-8H,2,5,19H2,1H3,(H,20,23)(H,22,24). The van der Waals surface area contributed by atoms with Gasteiger partial charge < -0.3 is 16.4 Å². The van der Waals surface area contributed by atoms with Crippen molar-refractivity contribution >= 4 is 34.8 Å². The van der Waals surface area contributed by atoms with Crippen molar-refractivity contribution in [1.82, 2.24) is 10.3 Å². The molecule has 2 rings (SSSR count). The summed E-state index contributed by atoms with van der Waals surface area (Å²) in [5.74, 6) is -1.17. The summed E-state index contributed by atoms with van der Waals surface area (Å²) in [4.78, 5) is 27.4. The lowest BCUT2D eigenvalue weighted by atomic mass is 10.1. The minimum Gasteiger partial charge on any atom is -0.397 e. The first-order chi connectivity index (χ1) is 11.4. The van der Waals surface area contributed by atoms with Crippen LogP contribution in [-0.2, 0) is 11.2 Å². The van der Waals surface area contributed by atoms with E-state index in [0.29, 0.717) is 16.3 Å². The maximum Gasteiger partial charge on any atom is 0.276 e. The van der Waals surface area contributed by atoms with Crippen LogP contribution >= 0.6 is 11.6 Å². The van der Waals surface area contributed by atoms with Crippen LogP contribution in [0.2, 0.25) is 5.02 Å². The number of halogens is 2. The molecule has 2 amide bonds. The molecule has 0 aliphatic carbocycles. The Kier molecular flexibility index (Phi) is 5.70. The highest BCUT2D eigenvalue weighted by Crippen LogP contribution is 2.19. The fourth-order valence-corrected chi connectivity index (χ4v) is 2.22. The Morgan fingerprint density at radius 2 is 2.08 bits per heavy atom. The van der Waals surface area contributed by atoms with Crippen molar-refractivity contribution in [2.75, 3.05) is 18.1 Å². The molecule has 0 bridgehead atoms. The quantitative estimate of drug-likeness (QED) is 0.771. The van der Waals surface area contributed by atoms with E-state index in [9.17, 15) is 14.0 Å². The predicted octanol–water partition coefficient (Wildman–Crippen LogP) is 2.39.